The van der Waals surface area contributed by atoms with Crippen LogP contribution in [0.5, 0.6) is 0 Å². The van der Waals surface area contributed by atoms with Crippen molar-refractivity contribution in [1.82, 2.24) is 9.88 Å². The van der Waals surface area contributed by atoms with Crippen LogP contribution in [0.2, 0.25) is 5.02 Å². The van der Waals surface area contributed by atoms with Gasteiger partial charge in [0, 0.05) is 35.2 Å². The van der Waals surface area contributed by atoms with Gasteiger partial charge in [0.1, 0.15) is 0 Å². The van der Waals surface area contributed by atoms with Gasteiger partial charge in [-0.2, -0.15) is 0 Å². The first-order valence-corrected chi connectivity index (χ1v) is 5.90. The number of fused-ring (bicyclic) bond motifs is 1. The number of hydrogen-bond donors (Lipinski definition) is 1. The topological polar surface area (TPSA) is 17.0 Å². The lowest BCUT2D eigenvalue weighted by Crippen LogP contribution is -2.23. The molecule has 0 aliphatic rings. The van der Waals surface area contributed by atoms with Crippen molar-refractivity contribution in [2.24, 2.45) is 7.05 Å². The molecule has 0 bridgehead atoms. The highest BCUT2D eigenvalue weighted by molar-refractivity contribution is 6.31. The standard InChI is InChI=1S/C13H17ClN2/c1-9(15-2)6-10-8-16(3)13-5-4-11(14)7-12(10)13/h4-5,7-9,15H,6H2,1-3H3. The molecular formula is C13H17ClN2. The maximum atomic E-state index is 6.05. The summed E-state index contributed by atoms with van der Waals surface area (Å²) in [6, 6.07) is 6.54. The molecule has 1 unspecified atom stereocenters. The summed E-state index contributed by atoms with van der Waals surface area (Å²) >= 11 is 6.05. The molecule has 0 fully saturated rings. The molecule has 0 aliphatic carbocycles. The summed E-state index contributed by atoms with van der Waals surface area (Å²) in [6.45, 7) is 2.18. The summed E-state index contributed by atoms with van der Waals surface area (Å²) < 4.78 is 2.16. The van der Waals surface area contributed by atoms with E-state index in [0.29, 0.717) is 6.04 Å². The van der Waals surface area contributed by atoms with Gasteiger partial charge in [0.05, 0.1) is 0 Å². The SMILES string of the molecule is CNC(C)Cc1cn(C)c2ccc(Cl)cc12. The number of nitrogens with one attached hydrogen (secondary N) is 1. The van der Waals surface area contributed by atoms with Gasteiger partial charge in [-0.15, -0.1) is 0 Å². The van der Waals surface area contributed by atoms with E-state index in [9.17, 15) is 0 Å². The molecule has 16 heavy (non-hydrogen) atoms. The minimum Gasteiger partial charge on any atom is -0.350 e. The summed E-state index contributed by atoms with van der Waals surface area (Å²) in [4.78, 5) is 0. The lowest BCUT2D eigenvalue weighted by Gasteiger charge is -2.08. The maximum absolute atomic E-state index is 6.05. The Morgan fingerprint density at radius 1 is 1.44 bits per heavy atom. The first-order valence-electron chi connectivity index (χ1n) is 5.52. The predicted octanol–water partition coefficient (Wildman–Crippen LogP) is 2.98. The smallest absolute Gasteiger partial charge is 0.0481 e. The Kier molecular flexibility index (Phi) is 3.22. The molecular weight excluding hydrogens is 220 g/mol. The molecule has 0 spiro atoms. The van der Waals surface area contributed by atoms with Gasteiger partial charge in [-0.3, -0.25) is 0 Å². The fourth-order valence-corrected chi connectivity index (χ4v) is 2.21. The summed E-state index contributed by atoms with van der Waals surface area (Å²) in [6.07, 6.45) is 3.21. The normalized spacial score (nSPS) is 13.2. The third-order valence-electron chi connectivity index (χ3n) is 3.05. The van der Waals surface area contributed by atoms with Gasteiger partial charge in [0.25, 0.3) is 0 Å². The molecule has 1 aromatic heterocycles. The van der Waals surface area contributed by atoms with Crippen LogP contribution in [0.25, 0.3) is 10.9 Å². The molecule has 0 aliphatic heterocycles. The molecule has 2 nitrogen and oxygen atoms in total. The quantitative estimate of drug-likeness (QED) is 0.867. The highest BCUT2D eigenvalue weighted by Gasteiger charge is 2.09. The molecule has 86 valence electrons. The Labute approximate surface area is 101 Å². The Hall–Kier alpha value is -0.990. The molecule has 0 amide bonds. The number of benzene rings is 1. The summed E-state index contributed by atoms with van der Waals surface area (Å²) in [5, 5.41) is 5.32. The van der Waals surface area contributed by atoms with E-state index >= 15 is 0 Å². The lowest BCUT2D eigenvalue weighted by atomic mass is 10.1. The lowest BCUT2D eigenvalue weighted by molar-refractivity contribution is 0.609. The molecule has 2 rings (SSSR count). The van der Waals surface area contributed by atoms with Gasteiger partial charge in [-0.1, -0.05) is 11.6 Å². The minimum absolute atomic E-state index is 0.476. The van der Waals surface area contributed by atoms with Crippen LogP contribution in [0.3, 0.4) is 0 Å². The molecule has 1 N–H and O–H groups in total. The van der Waals surface area contributed by atoms with Crippen LogP contribution >= 0.6 is 11.6 Å². The van der Waals surface area contributed by atoms with Crippen molar-refractivity contribution in [2.75, 3.05) is 7.05 Å². The van der Waals surface area contributed by atoms with Crippen molar-refractivity contribution in [2.45, 2.75) is 19.4 Å². The van der Waals surface area contributed by atoms with Crippen molar-refractivity contribution < 1.29 is 0 Å². The first-order chi connectivity index (χ1) is 7.61. The Morgan fingerprint density at radius 3 is 2.88 bits per heavy atom. The van der Waals surface area contributed by atoms with Crippen LogP contribution < -0.4 is 5.32 Å². The van der Waals surface area contributed by atoms with Gasteiger partial charge in [0.15, 0.2) is 0 Å². The Bertz CT molecular complexity index is 502. The van der Waals surface area contributed by atoms with E-state index in [0.717, 1.165) is 11.4 Å². The highest BCUT2D eigenvalue weighted by atomic mass is 35.5. The van der Waals surface area contributed by atoms with E-state index in [1.807, 2.05) is 13.1 Å². The van der Waals surface area contributed by atoms with Crippen LogP contribution in [0.4, 0.5) is 0 Å². The van der Waals surface area contributed by atoms with E-state index in [1.165, 1.54) is 16.5 Å². The van der Waals surface area contributed by atoms with Gasteiger partial charge >= 0.3 is 0 Å². The number of likely N-dealkylation sites (N-methyl/N-ethyl adjacent to an activating group) is 1. The van der Waals surface area contributed by atoms with Crippen LogP contribution in [0, 0.1) is 0 Å². The average molecular weight is 237 g/mol. The van der Waals surface area contributed by atoms with Crippen LogP contribution in [-0.2, 0) is 13.5 Å². The largest absolute Gasteiger partial charge is 0.350 e. The van der Waals surface area contributed by atoms with Crippen LogP contribution in [0.1, 0.15) is 12.5 Å². The molecule has 3 heteroatoms. The zero-order valence-corrected chi connectivity index (χ0v) is 10.7. The fourth-order valence-electron chi connectivity index (χ4n) is 2.04. The fraction of sp³-hybridized carbons (Fsp3) is 0.385. The predicted molar refractivity (Wildman–Crippen MR) is 70.2 cm³/mol. The molecule has 0 radical (unpaired) electrons. The van der Waals surface area contributed by atoms with Crippen LogP contribution in [0.15, 0.2) is 24.4 Å². The number of aromatic nitrogens is 1. The molecule has 0 saturated carbocycles. The second-order valence-corrected chi connectivity index (χ2v) is 4.76. The Morgan fingerprint density at radius 2 is 2.19 bits per heavy atom. The number of hydrogen-bond acceptors (Lipinski definition) is 1. The number of halogens is 1. The molecule has 0 saturated heterocycles. The van der Waals surface area contributed by atoms with Gasteiger partial charge < -0.3 is 9.88 Å². The Balaban J connectivity index is 2.48. The summed E-state index contributed by atoms with van der Waals surface area (Å²) in [5.41, 5.74) is 2.59. The summed E-state index contributed by atoms with van der Waals surface area (Å²) in [5.74, 6) is 0. The van der Waals surface area contributed by atoms with Crippen molar-refractivity contribution >= 4 is 22.5 Å². The molecule has 1 aromatic carbocycles. The monoisotopic (exact) mass is 236 g/mol. The third kappa shape index (κ3) is 2.08. The molecule has 2 aromatic rings. The van der Waals surface area contributed by atoms with Gasteiger partial charge in [-0.25, -0.2) is 0 Å². The number of nitrogens with zero attached hydrogens (tertiary/aromatic N) is 1. The van der Waals surface area contributed by atoms with E-state index in [2.05, 4.69) is 42.2 Å². The van der Waals surface area contributed by atoms with E-state index in [4.69, 9.17) is 11.6 Å². The average Bonchev–Trinajstić information content (AvgIpc) is 2.55. The zero-order valence-electron chi connectivity index (χ0n) is 9.92. The maximum Gasteiger partial charge on any atom is 0.0481 e. The van der Waals surface area contributed by atoms with Crippen LogP contribution in [-0.4, -0.2) is 17.7 Å². The van der Waals surface area contributed by atoms with Crippen molar-refractivity contribution in [3.05, 3.63) is 35.0 Å². The first kappa shape index (κ1) is 11.5. The minimum atomic E-state index is 0.476. The number of rotatable bonds is 3. The van der Waals surface area contributed by atoms with Gasteiger partial charge in [0.2, 0.25) is 0 Å². The second-order valence-electron chi connectivity index (χ2n) is 4.32. The second kappa shape index (κ2) is 4.48. The highest BCUT2D eigenvalue weighted by Crippen LogP contribution is 2.25. The summed E-state index contributed by atoms with van der Waals surface area (Å²) in [7, 11) is 4.06. The third-order valence-corrected chi connectivity index (χ3v) is 3.29. The number of aryl methyl sites for hydroxylation is 1. The van der Waals surface area contributed by atoms with Gasteiger partial charge in [-0.05, 0) is 44.2 Å². The van der Waals surface area contributed by atoms with Crippen molar-refractivity contribution in [3.63, 3.8) is 0 Å². The van der Waals surface area contributed by atoms with E-state index in [1.54, 1.807) is 0 Å². The molecule has 1 atom stereocenters. The van der Waals surface area contributed by atoms with Crippen molar-refractivity contribution in [3.8, 4) is 0 Å². The zero-order chi connectivity index (χ0) is 11.7. The van der Waals surface area contributed by atoms with E-state index < -0.39 is 0 Å². The van der Waals surface area contributed by atoms with E-state index in [-0.39, 0.29) is 0 Å². The molecule has 1 heterocycles. The van der Waals surface area contributed by atoms with Crippen molar-refractivity contribution in [1.29, 1.82) is 0 Å².